The van der Waals surface area contributed by atoms with E-state index in [0.29, 0.717) is 0 Å². The van der Waals surface area contributed by atoms with Crippen molar-refractivity contribution < 1.29 is 0 Å². The second-order valence-electron chi connectivity index (χ2n) is 3.22. The minimum absolute atomic E-state index is 1.06. The Hall–Kier alpha value is -2.03. The molecule has 0 spiro atoms. The molecule has 0 radical (unpaired) electrons. The second kappa shape index (κ2) is 2.73. The van der Waals surface area contributed by atoms with Gasteiger partial charge in [-0.15, -0.1) is 0 Å². The summed E-state index contributed by atoms with van der Waals surface area (Å²) < 4.78 is 0. The number of H-pyrrole nitrogens is 1. The maximum Gasteiger partial charge on any atom is 0.0727 e. The number of rotatable bonds is 0. The fourth-order valence-electron chi connectivity index (χ4n) is 1.71. The van der Waals surface area contributed by atoms with Crippen molar-refractivity contribution in [2.45, 2.75) is 0 Å². The van der Waals surface area contributed by atoms with Crippen LogP contribution in [-0.2, 0) is 0 Å². The van der Waals surface area contributed by atoms with Crippen molar-refractivity contribution in [3.63, 3.8) is 0 Å². The van der Waals surface area contributed by atoms with E-state index < -0.39 is 0 Å². The molecule has 3 nitrogen and oxygen atoms in total. The monoisotopic (exact) mass is 183 g/mol. The zero-order chi connectivity index (χ0) is 9.38. The van der Waals surface area contributed by atoms with Crippen LogP contribution in [-0.4, -0.2) is 11.2 Å². The number of fused-ring (bicyclic) bond motifs is 3. The van der Waals surface area contributed by atoms with E-state index in [4.69, 9.17) is 0 Å². The van der Waals surface area contributed by atoms with Gasteiger partial charge in [-0.2, -0.15) is 5.10 Å². The van der Waals surface area contributed by atoms with Crippen molar-refractivity contribution in [3.8, 4) is 0 Å². The number of anilines is 1. The predicted octanol–water partition coefficient (Wildman–Crippen LogP) is 2.59. The largest absolute Gasteiger partial charge is 0.361 e. The van der Waals surface area contributed by atoms with Gasteiger partial charge in [0, 0.05) is 28.9 Å². The Morgan fingerprint density at radius 1 is 1.14 bits per heavy atom. The molecule has 3 heteroatoms. The van der Waals surface area contributed by atoms with Gasteiger partial charge >= 0.3 is 0 Å². The van der Waals surface area contributed by atoms with E-state index in [-0.39, 0.29) is 0 Å². The Morgan fingerprint density at radius 3 is 3.14 bits per heavy atom. The van der Waals surface area contributed by atoms with Crippen molar-refractivity contribution in [2.24, 2.45) is 5.10 Å². The molecule has 0 aliphatic carbocycles. The number of nitrogens with zero attached hydrogens (tertiary/aromatic N) is 1. The maximum atomic E-state index is 4.07. The van der Waals surface area contributed by atoms with E-state index >= 15 is 0 Å². The molecule has 14 heavy (non-hydrogen) atoms. The average molecular weight is 183 g/mol. The molecule has 0 bridgehead atoms. The van der Waals surface area contributed by atoms with Gasteiger partial charge in [0.1, 0.15) is 0 Å². The zero-order valence-electron chi connectivity index (χ0n) is 7.49. The van der Waals surface area contributed by atoms with Crippen LogP contribution in [0.5, 0.6) is 0 Å². The Labute approximate surface area is 81.1 Å². The predicted molar refractivity (Wildman–Crippen MR) is 59.4 cm³/mol. The Morgan fingerprint density at radius 2 is 2.14 bits per heavy atom. The van der Waals surface area contributed by atoms with E-state index in [9.17, 15) is 0 Å². The van der Waals surface area contributed by atoms with Crippen LogP contribution in [0.15, 0.2) is 35.6 Å². The summed E-state index contributed by atoms with van der Waals surface area (Å²) in [6.07, 6.45) is 7.66. The lowest BCUT2D eigenvalue weighted by Crippen LogP contribution is -1.90. The maximum absolute atomic E-state index is 4.07. The summed E-state index contributed by atoms with van der Waals surface area (Å²) in [5.41, 5.74) is 6.39. The molecule has 3 rings (SSSR count). The number of allylic oxidation sites excluding steroid dienone is 1. The molecule has 68 valence electrons. The van der Waals surface area contributed by atoms with Crippen LogP contribution in [0.4, 0.5) is 5.69 Å². The van der Waals surface area contributed by atoms with E-state index in [1.54, 1.807) is 6.21 Å². The lowest BCUT2D eigenvalue weighted by molar-refractivity contribution is 1.37. The summed E-state index contributed by atoms with van der Waals surface area (Å²) in [4.78, 5) is 3.17. The van der Waals surface area contributed by atoms with Gasteiger partial charge in [-0.05, 0) is 18.2 Å². The normalized spacial score (nSPS) is 13.7. The third-order valence-electron chi connectivity index (χ3n) is 2.38. The highest BCUT2D eigenvalue weighted by Crippen LogP contribution is 2.28. The number of nitrogens with one attached hydrogen (secondary N) is 2. The van der Waals surface area contributed by atoms with Gasteiger partial charge < -0.3 is 4.98 Å². The van der Waals surface area contributed by atoms with Crippen LogP contribution in [0, 0.1) is 0 Å². The lowest BCUT2D eigenvalue weighted by atomic mass is 10.1. The van der Waals surface area contributed by atoms with Crippen molar-refractivity contribution >= 4 is 28.9 Å². The fourth-order valence-corrected chi connectivity index (χ4v) is 1.71. The Kier molecular flexibility index (Phi) is 1.44. The van der Waals surface area contributed by atoms with Crippen LogP contribution in [0.1, 0.15) is 5.56 Å². The fraction of sp³-hybridized carbons (Fsp3) is 0. The first-order chi connectivity index (χ1) is 6.95. The molecule has 2 N–H and O–H groups in total. The second-order valence-corrected chi connectivity index (χ2v) is 3.22. The SMILES string of the molecule is C1=Cc2ccc3[nH]ccc3c2NN=C1. The number of aromatic amines is 1. The molecule has 0 atom stereocenters. The van der Waals surface area contributed by atoms with Gasteiger partial charge in [0.05, 0.1) is 5.69 Å². The van der Waals surface area contributed by atoms with E-state index in [1.165, 1.54) is 5.39 Å². The van der Waals surface area contributed by atoms with Crippen molar-refractivity contribution in [1.29, 1.82) is 0 Å². The van der Waals surface area contributed by atoms with E-state index in [2.05, 4.69) is 33.7 Å². The summed E-state index contributed by atoms with van der Waals surface area (Å²) in [5.74, 6) is 0. The molecule has 2 heterocycles. The topological polar surface area (TPSA) is 40.2 Å². The number of aromatic nitrogens is 1. The molecular formula is C11H9N3. The lowest BCUT2D eigenvalue weighted by Gasteiger charge is -2.05. The average Bonchev–Trinajstić information content (AvgIpc) is 2.55. The van der Waals surface area contributed by atoms with Crippen LogP contribution >= 0.6 is 0 Å². The summed E-state index contributed by atoms with van der Waals surface area (Å²) in [7, 11) is 0. The van der Waals surface area contributed by atoms with Crippen molar-refractivity contribution in [3.05, 3.63) is 36.0 Å². The quantitative estimate of drug-likeness (QED) is 0.647. The van der Waals surface area contributed by atoms with Crippen LogP contribution in [0.2, 0.25) is 0 Å². The number of hydrogen-bond acceptors (Lipinski definition) is 2. The molecule has 1 aromatic carbocycles. The molecule has 2 aromatic rings. The molecule has 0 fully saturated rings. The van der Waals surface area contributed by atoms with Gasteiger partial charge in [-0.3, -0.25) is 5.43 Å². The Balaban J connectivity index is 2.38. The van der Waals surface area contributed by atoms with Crippen molar-refractivity contribution in [1.82, 2.24) is 4.98 Å². The summed E-state index contributed by atoms with van der Waals surface area (Å²) in [5, 5.41) is 5.24. The molecule has 0 unspecified atom stereocenters. The number of benzene rings is 1. The number of hydrazone groups is 1. The van der Waals surface area contributed by atoms with E-state index in [1.807, 2.05) is 18.3 Å². The molecule has 0 saturated heterocycles. The highest BCUT2D eigenvalue weighted by molar-refractivity contribution is 5.98. The van der Waals surface area contributed by atoms with Crippen molar-refractivity contribution in [2.75, 3.05) is 5.43 Å². The first kappa shape index (κ1) is 7.38. The van der Waals surface area contributed by atoms with Crippen LogP contribution in [0.25, 0.3) is 17.0 Å². The third-order valence-corrected chi connectivity index (χ3v) is 2.38. The summed E-state index contributed by atoms with van der Waals surface area (Å²) >= 11 is 0. The smallest absolute Gasteiger partial charge is 0.0727 e. The van der Waals surface area contributed by atoms with Gasteiger partial charge in [-0.1, -0.05) is 12.1 Å². The van der Waals surface area contributed by atoms with Gasteiger partial charge in [0.15, 0.2) is 0 Å². The summed E-state index contributed by atoms with van der Waals surface area (Å²) in [6, 6.07) is 6.20. The van der Waals surface area contributed by atoms with Crippen LogP contribution in [0.3, 0.4) is 0 Å². The first-order valence-electron chi connectivity index (χ1n) is 4.51. The molecule has 0 saturated carbocycles. The minimum Gasteiger partial charge on any atom is -0.361 e. The van der Waals surface area contributed by atoms with Gasteiger partial charge in [0.25, 0.3) is 0 Å². The number of hydrogen-bond donors (Lipinski definition) is 2. The highest BCUT2D eigenvalue weighted by atomic mass is 15.3. The molecule has 0 amide bonds. The van der Waals surface area contributed by atoms with Gasteiger partial charge in [-0.25, -0.2) is 0 Å². The third kappa shape index (κ3) is 0.956. The Bertz CT molecular complexity index is 534. The summed E-state index contributed by atoms with van der Waals surface area (Å²) in [6.45, 7) is 0. The van der Waals surface area contributed by atoms with Gasteiger partial charge in [0.2, 0.25) is 0 Å². The molecule has 1 aromatic heterocycles. The van der Waals surface area contributed by atoms with E-state index in [0.717, 1.165) is 16.8 Å². The molecular weight excluding hydrogens is 174 g/mol. The molecule has 1 aliphatic rings. The molecule has 1 aliphatic heterocycles. The standard InChI is InChI=1S/C11H9N3/c1-2-8-3-4-10-9(5-7-12-10)11(8)14-13-6-1/h1-7,12,14H. The highest BCUT2D eigenvalue weighted by Gasteiger charge is 2.06. The zero-order valence-corrected chi connectivity index (χ0v) is 7.49. The minimum atomic E-state index is 1.06. The van der Waals surface area contributed by atoms with Crippen LogP contribution < -0.4 is 5.43 Å². The first-order valence-corrected chi connectivity index (χ1v) is 4.51.